The first-order chi connectivity index (χ1) is 4.06. The van der Waals surface area contributed by atoms with Crippen LogP contribution in [-0.2, 0) is 4.65 Å². The van der Waals surface area contributed by atoms with E-state index < -0.39 is 5.60 Å². The highest BCUT2D eigenvalue weighted by molar-refractivity contribution is 6.24. The second-order valence-corrected chi connectivity index (χ2v) is 2.67. The van der Waals surface area contributed by atoms with Crippen molar-refractivity contribution in [1.29, 1.82) is 0 Å². The van der Waals surface area contributed by atoms with Gasteiger partial charge in [-0.05, 0) is 20.3 Å². The molecule has 0 unspecified atom stereocenters. The van der Waals surface area contributed by atoms with Crippen LogP contribution >= 0.6 is 0 Å². The third-order valence-electron chi connectivity index (χ3n) is 0.998. The Balaban J connectivity index is 3.07. The van der Waals surface area contributed by atoms with E-state index in [1.165, 1.54) is 0 Å². The van der Waals surface area contributed by atoms with Gasteiger partial charge in [-0.1, -0.05) is 6.82 Å². The zero-order valence-electron chi connectivity index (χ0n) is 6.35. The summed E-state index contributed by atoms with van der Waals surface area (Å²) in [6, 6.07) is 0. The van der Waals surface area contributed by atoms with Crippen molar-refractivity contribution in [2.75, 3.05) is 6.61 Å². The van der Waals surface area contributed by atoms with E-state index in [0.717, 1.165) is 0 Å². The maximum Gasteiger partial charge on any atom is 0.288 e. The normalized spacial score (nSPS) is 11.6. The highest BCUT2D eigenvalue weighted by atomic mass is 16.4. The molecule has 0 saturated carbocycles. The van der Waals surface area contributed by atoms with Gasteiger partial charge < -0.3 is 9.76 Å². The molecule has 0 aromatic carbocycles. The first-order valence-corrected chi connectivity index (χ1v) is 3.18. The Labute approximate surface area is 57.5 Å². The predicted octanol–water partition coefficient (Wildman–Crippen LogP) is 0.831. The standard InChI is InChI=1S/C6H14BO2/c1-6(2,8)4-5-9-7-3/h8H,4-5H2,1-3H3. The summed E-state index contributed by atoms with van der Waals surface area (Å²) in [7, 11) is 1.63. The van der Waals surface area contributed by atoms with E-state index in [0.29, 0.717) is 13.0 Å². The average molecular weight is 129 g/mol. The van der Waals surface area contributed by atoms with Crippen molar-refractivity contribution in [1.82, 2.24) is 0 Å². The van der Waals surface area contributed by atoms with E-state index in [1.807, 2.05) is 6.82 Å². The number of rotatable bonds is 4. The van der Waals surface area contributed by atoms with Gasteiger partial charge in [0, 0.05) is 6.61 Å². The Hall–Kier alpha value is -0.0151. The number of aliphatic hydroxyl groups is 1. The SMILES string of the molecule is C[B]OCCC(C)(C)O. The molecule has 0 heterocycles. The zero-order valence-corrected chi connectivity index (χ0v) is 6.35. The van der Waals surface area contributed by atoms with Crippen molar-refractivity contribution in [3.05, 3.63) is 0 Å². The summed E-state index contributed by atoms with van der Waals surface area (Å²) >= 11 is 0. The molecule has 0 aliphatic rings. The van der Waals surface area contributed by atoms with E-state index in [-0.39, 0.29) is 0 Å². The summed E-state index contributed by atoms with van der Waals surface area (Å²) in [5, 5.41) is 9.15. The van der Waals surface area contributed by atoms with E-state index in [2.05, 4.69) is 0 Å². The lowest BCUT2D eigenvalue weighted by Crippen LogP contribution is -2.21. The van der Waals surface area contributed by atoms with Gasteiger partial charge in [-0.25, -0.2) is 0 Å². The van der Waals surface area contributed by atoms with Gasteiger partial charge in [-0.3, -0.25) is 0 Å². The molecule has 0 aromatic rings. The van der Waals surface area contributed by atoms with E-state index >= 15 is 0 Å². The van der Waals surface area contributed by atoms with Crippen molar-refractivity contribution in [3.8, 4) is 0 Å². The molecule has 9 heavy (non-hydrogen) atoms. The minimum absolute atomic E-state index is 0.594. The first-order valence-electron chi connectivity index (χ1n) is 3.18. The summed E-state index contributed by atoms with van der Waals surface area (Å²) in [5.41, 5.74) is -0.594. The monoisotopic (exact) mass is 129 g/mol. The minimum Gasteiger partial charge on any atom is -0.441 e. The lowest BCUT2D eigenvalue weighted by Gasteiger charge is -2.15. The lowest BCUT2D eigenvalue weighted by molar-refractivity contribution is 0.0560. The zero-order chi connectivity index (χ0) is 7.33. The summed E-state index contributed by atoms with van der Waals surface area (Å²) in [6.45, 7) is 5.96. The van der Waals surface area contributed by atoms with Crippen LogP contribution in [0.15, 0.2) is 0 Å². The summed E-state index contributed by atoms with van der Waals surface area (Å²) in [6.07, 6.45) is 0.678. The highest BCUT2D eigenvalue weighted by Crippen LogP contribution is 2.05. The van der Waals surface area contributed by atoms with Crippen molar-refractivity contribution in [2.24, 2.45) is 0 Å². The molecule has 0 atom stereocenters. The Bertz CT molecular complexity index is 67.9. The van der Waals surface area contributed by atoms with Gasteiger partial charge in [0.15, 0.2) is 0 Å². The Kier molecular flexibility index (Phi) is 3.90. The van der Waals surface area contributed by atoms with Gasteiger partial charge in [0.2, 0.25) is 0 Å². The van der Waals surface area contributed by atoms with Crippen molar-refractivity contribution in [3.63, 3.8) is 0 Å². The molecule has 0 fully saturated rings. The molecule has 0 aliphatic carbocycles. The van der Waals surface area contributed by atoms with Gasteiger partial charge in [0.05, 0.1) is 5.60 Å². The third-order valence-corrected chi connectivity index (χ3v) is 0.998. The smallest absolute Gasteiger partial charge is 0.288 e. The molecule has 0 saturated heterocycles. The molecule has 0 bridgehead atoms. The van der Waals surface area contributed by atoms with Crippen LogP contribution in [0.2, 0.25) is 6.82 Å². The first kappa shape index (κ1) is 8.98. The van der Waals surface area contributed by atoms with Gasteiger partial charge in [-0.15, -0.1) is 0 Å². The molecule has 0 aromatic heterocycles. The van der Waals surface area contributed by atoms with Crippen LogP contribution in [0.1, 0.15) is 20.3 Å². The van der Waals surface area contributed by atoms with Crippen LogP contribution < -0.4 is 0 Å². The molecule has 53 valence electrons. The molecule has 0 spiro atoms. The fraction of sp³-hybridized carbons (Fsp3) is 1.00. The maximum atomic E-state index is 9.15. The fourth-order valence-corrected chi connectivity index (χ4v) is 0.427. The molecule has 0 amide bonds. The van der Waals surface area contributed by atoms with Crippen LogP contribution in [0.25, 0.3) is 0 Å². The minimum atomic E-state index is -0.594. The molecule has 1 radical (unpaired) electrons. The topological polar surface area (TPSA) is 29.5 Å². The van der Waals surface area contributed by atoms with Crippen LogP contribution in [-0.4, -0.2) is 24.8 Å². The highest BCUT2D eigenvalue weighted by Gasteiger charge is 2.10. The van der Waals surface area contributed by atoms with Crippen LogP contribution in [0, 0.1) is 0 Å². The molecule has 2 nitrogen and oxygen atoms in total. The van der Waals surface area contributed by atoms with Gasteiger partial charge in [-0.2, -0.15) is 0 Å². The Morgan fingerprint density at radius 2 is 2.11 bits per heavy atom. The largest absolute Gasteiger partial charge is 0.441 e. The van der Waals surface area contributed by atoms with Crippen LogP contribution in [0.5, 0.6) is 0 Å². The summed E-state index contributed by atoms with van der Waals surface area (Å²) < 4.78 is 4.92. The van der Waals surface area contributed by atoms with Crippen LogP contribution in [0.3, 0.4) is 0 Å². The Morgan fingerprint density at radius 3 is 2.44 bits per heavy atom. The molecule has 3 heteroatoms. The molecule has 0 rings (SSSR count). The second kappa shape index (κ2) is 3.91. The molecule has 1 N–H and O–H groups in total. The predicted molar refractivity (Wildman–Crippen MR) is 38.5 cm³/mol. The molecule has 0 aliphatic heterocycles. The van der Waals surface area contributed by atoms with E-state index in [1.54, 1.807) is 21.3 Å². The molecular weight excluding hydrogens is 115 g/mol. The second-order valence-electron chi connectivity index (χ2n) is 2.67. The van der Waals surface area contributed by atoms with Gasteiger partial charge in [0.1, 0.15) is 0 Å². The molecular formula is C6H14BO2. The van der Waals surface area contributed by atoms with Crippen molar-refractivity contribution < 1.29 is 9.76 Å². The number of hydrogen-bond donors (Lipinski definition) is 1. The third kappa shape index (κ3) is 7.98. The Morgan fingerprint density at radius 1 is 1.56 bits per heavy atom. The van der Waals surface area contributed by atoms with Crippen molar-refractivity contribution >= 4 is 7.48 Å². The number of hydrogen-bond acceptors (Lipinski definition) is 2. The van der Waals surface area contributed by atoms with Gasteiger partial charge >= 0.3 is 0 Å². The van der Waals surface area contributed by atoms with E-state index in [9.17, 15) is 0 Å². The summed E-state index contributed by atoms with van der Waals surface area (Å²) in [4.78, 5) is 0. The maximum absolute atomic E-state index is 9.15. The van der Waals surface area contributed by atoms with Gasteiger partial charge in [0.25, 0.3) is 7.48 Å². The summed E-state index contributed by atoms with van der Waals surface area (Å²) in [5.74, 6) is 0. The van der Waals surface area contributed by atoms with Crippen molar-refractivity contribution in [2.45, 2.75) is 32.7 Å². The fourth-order valence-electron chi connectivity index (χ4n) is 0.427. The average Bonchev–Trinajstić information content (AvgIpc) is 1.63. The lowest BCUT2D eigenvalue weighted by atomic mass is 10.0. The van der Waals surface area contributed by atoms with Crippen LogP contribution in [0.4, 0.5) is 0 Å². The van der Waals surface area contributed by atoms with E-state index in [4.69, 9.17) is 9.76 Å². The quantitative estimate of drug-likeness (QED) is 0.450.